The van der Waals surface area contributed by atoms with Crippen molar-refractivity contribution >= 4 is 21.6 Å². The lowest BCUT2D eigenvalue weighted by atomic mass is 10.0. The summed E-state index contributed by atoms with van der Waals surface area (Å²) in [5, 5.41) is 18.8. The topological polar surface area (TPSA) is 49.0 Å². The van der Waals surface area contributed by atoms with Crippen molar-refractivity contribution in [3.63, 3.8) is 0 Å². The molecule has 0 aliphatic heterocycles. The van der Waals surface area contributed by atoms with Gasteiger partial charge in [-0.2, -0.15) is 0 Å². The summed E-state index contributed by atoms with van der Waals surface area (Å²) in [6.07, 6.45) is -0.642. The highest BCUT2D eigenvalue weighted by atomic mass is 32.1. The minimum atomic E-state index is -0.642. The first-order valence-corrected chi connectivity index (χ1v) is 9.00. The molecule has 124 valence electrons. The second-order valence-electron chi connectivity index (χ2n) is 5.99. The lowest BCUT2D eigenvalue weighted by Gasteiger charge is -2.13. The Morgan fingerprint density at radius 2 is 1.48 bits per heavy atom. The molecule has 4 heteroatoms. The van der Waals surface area contributed by atoms with E-state index in [2.05, 4.69) is 12.1 Å². The van der Waals surface area contributed by atoms with Crippen LogP contribution in [0.4, 0.5) is 0 Å². The number of nitrogens with zero attached hydrogens (tertiary/aromatic N) is 1. The van der Waals surface area contributed by atoms with Crippen LogP contribution in [0.1, 0.15) is 11.7 Å². The van der Waals surface area contributed by atoms with Crippen molar-refractivity contribution in [1.29, 1.82) is 5.41 Å². The van der Waals surface area contributed by atoms with E-state index in [0.717, 1.165) is 26.9 Å². The van der Waals surface area contributed by atoms with Crippen LogP contribution < -0.4 is 4.80 Å². The van der Waals surface area contributed by atoms with Gasteiger partial charge in [0.2, 0.25) is 0 Å². The SMILES string of the molecule is N=c1sc2ccccc2n1CC(O)c1ccc(-c2ccccc2)cc1. The predicted molar refractivity (Wildman–Crippen MR) is 103 cm³/mol. The maximum absolute atomic E-state index is 10.6. The fourth-order valence-corrected chi connectivity index (χ4v) is 3.94. The van der Waals surface area contributed by atoms with Gasteiger partial charge >= 0.3 is 0 Å². The third kappa shape index (κ3) is 3.14. The van der Waals surface area contributed by atoms with E-state index >= 15 is 0 Å². The van der Waals surface area contributed by atoms with Crippen LogP contribution in [0.15, 0.2) is 78.9 Å². The molecular weight excluding hydrogens is 328 g/mol. The molecule has 4 rings (SSSR count). The molecule has 0 spiro atoms. The van der Waals surface area contributed by atoms with Crippen molar-refractivity contribution < 1.29 is 5.11 Å². The quantitative estimate of drug-likeness (QED) is 0.558. The number of benzene rings is 3. The highest BCUT2D eigenvalue weighted by Gasteiger charge is 2.12. The van der Waals surface area contributed by atoms with Crippen molar-refractivity contribution in [2.75, 3.05) is 0 Å². The Hall–Kier alpha value is -2.69. The van der Waals surface area contributed by atoms with E-state index < -0.39 is 6.10 Å². The van der Waals surface area contributed by atoms with Crippen LogP contribution in [0.2, 0.25) is 0 Å². The zero-order valence-corrected chi connectivity index (χ0v) is 14.4. The number of thiazole rings is 1. The summed E-state index contributed by atoms with van der Waals surface area (Å²) in [5.41, 5.74) is 4.15. The zero-order chi connectivity index (χ0) is 17.2. The number of para-hydroxylation sites is 1. The molecule has 0 bridgehead atoms. The van der Waals surface area contributed by atoms with E-state index in [9.17, 15) is 5.11 Å². The molecule has 3 aromatic carbocycles. The molecule has 0 amide bonds. The first-order valence-electron chi connectivity index (χ1n) is 8.19. The van der Waals surface area contributed by atoms with E-state index in [1.807, 2.05) is 71.3 Å². The maximum atomic E-state index is 10.6. The van der Waals surface area contributed by atoms with Gasteiger partial charge in [0, 0.05) is 0 Å². The van der Waals surface area contributed by atoms with Gasteiger partial charge in [-0.25, -0.2) is 0 Å². The predicted octanol–water partition coefficient (Wildman–Crippen LogP) is 4.58. The van der Waals surface area contributed by atoms with Crippen molar-refractivity contribution in [2.45, 2.75) is 12.6 Å². The van der Waals surface area contributed by atoms with Crippen molar-refractivity contribution in [1.82, 2.24) is 4.57 Å². The third-order valence-corrected chi connectivity index (χ3v) is 5.34. The molecule has 0 aliphatic carbocycles. The lowest BCUT2D eigenvalue weighted by molar-refractivity contribution is 0.157. The van der Waals surface area contributed by atoms with Crippen LogP contribution >= 0.6 is 11.3 Å². The Morgan fingerprint density at radius 1 is 0.840 bits per heavy atom. The minimum Gasteiger partial charge on any atom is -0.387 e. The molecule has 0 saturated carbocycles. The standard InChI is InChI=1S/C21H18N2OS/c22-21-23(18-8-4-5-9-20(18)25-21)14-19(24)17-12-10-16(11-13-17)15-6-2-1-3-7-15/h1-13,19,22,24H,14H2. The summed E-state index contributed by atoms with van der Waals surface area (Å²) in [6.45, 7) is 0.382. The van der Waals surface area contributed by atoms with Crippen LogP contribution in [0.3, 0.4) is 0 Å². The zero-order valence-electron chi connectivity index (χ0n) is 13.6. The average Bonchev–Trinajstić information content (AvgIpc) is 2.98. The van der Waals surface area contributed by atoms with Crippen molar-refractivity contribution in [3.05, 3.63) is 89.2 Å². The van der Waals surface area contributed by atoms with E-state index in [0.29, 0.717) is 11.3 Å². The molecule has 0 fully saturated rings. The van der Waals surface area contributed by atoms with Gasteiger partial charge in [0.1, 0.15) is 0 Å². The largest absolute Gasteiger partial charge is 0.387 e. The normalized spacial score (nSPS) is 12.4. The summed E-state index contributed by atoms with van der Waals surface area (Å²) >= 11 is 1.43. The summed E-state index contributed by atoms with van der Waals surface area (Å²) in [4.78, 5) is 0.459. The molecule has 2 N–H and O–H groups in total. The van der Waals surface area contributed by atoms with Crippen molar-refractivity contribution in [2.24, 2.45) is 0 Å². The van der Waals surface area contributed by atoms with Crippen LogP contribution in [-0.2, 0) is 6.54 Å². The van der Waals surface area contributed by atoms with Gasteiger partial charge in [-0.05, 0) is 28.8 Å². The molecule has 0 saturated heterocycles. The fourth-order valence-electron chi connectivity index (χ4n) is 3.02. The van der Waals surface area contributed by atoms with Gasteiger partial charge < -0.3 is 9.67 Å². The number of fused-ring (bicyclic) bond motifs is 1. The van der Waals surface area contributed by atoms with Gasteiger partial charge in [-0.3, -0.25) is 5.41 Å². The highest BCUT2D eigenvalue weighted by molar-refractivity contribution is 7.16. The number of aromatic nitrogens is 1. The Balaban J connectivity index is 1.60. The van der Waals surface area contributed by atoms with Gasteiger partial charge in [0.05, 0.1) is 22.9 Å². The van der Waals surface area contributed by atoms with E-state index in [-0.39, 0.29) is 0 Å². The smallest absolute Gasteiger partial charge is 0.183 e. The Bertz CT molecular complexity index is 1050. The molecular formula is C21H18N2OS. The van der Waals surface area contributed by atoms with Crippen molar-refractivity contribution in [3.8, 4) is 11.1 Å². The average molecular weight is 346 g/mol. The first kappa shape index (κ1) is 15.8. The number of hydrogen-bond donors (Lipinski definition) is 2. The molecule has 25 heavy (non-hydrogen) atoms. The number of aliphatic hydroxyl groups is 1. The number of nitrogens with one attached hydrogen (secondary N) is 1. The summed E-state index contributed by atoms with van der Waals surface area (Å²) in [7, 11) is 0. The number of hydrogen-bond acceptors (Lipinski definition) is 3. The molecule has 1 heterocycles. The molecule has 0 aliphatic rings. The van der Waals surface area contributed by atoms with Gasteiger partial charge in [0.15, 0.2) is 4.80 Å². The van der Waals surface area contributed by atoms with Crippen LogP contribution in [0, 0.1) is 5.41 Å². The lowest BCUT2D eigenvalue weighted by Crippen LogP contribution is -2.18. The second kappa shape index (κ2) is 6.67. The number of rotatable bonds is 4. The Labute approximate surface area is 150 Å². The molecule has 4 aromatic rings. The fraction of sp³-hybridized carbons (Fsp3) is 0.0952. The molecule has 1 aromatic heterocycles. The first-order chi connectivity index (χ1) is 12.2. The second-order valence-corrected chi connectivity index (χ2v) is 7.02. The van der Waals surface area contributed by atoms with E-state index in [4.69, 9.17) is 5.41 Å². The number of aliphatic hydroxyl groups excluding tert-OH is 1. The Morgan fingerprint density at radius 3 is 2.24 bits per heavy atom. The van der Waals surface area contributed by atoms with E-state index in [1.54, 1.807) is 0 Å². The summed E-state index contributed by atoms with van der Waals surface area (Å²) in [6, 6.07) is 26.1. The molecule has 0 radical (unpaired) electrons. The summed E-state index contributed by atoms with van der Waals surface area (Å²) < 4.78 is 2.94. The van der Waals surface area contributed by atoms with Crippen LogP contribution in [0.25, 0.3) is 21.3 Å². The van der Waals surface area contributed by atoms with Gasteiger partial charge in [-0.15, -0.1) is 0 Å². The minimum absolute atomic E-state index is 0.382. The van der Waals surface area contributed by atoms with E-state index in [1.165, 1.54) is 11.3 Å². The summed E-state index contributed by atoms with van der Waals surface area (Å²) in [5.74, 6) is 0. The Kier molecular flexibility index (Phi) is 4.22. The van der Waals surface area contributed by atoms with Gasteiger partial charge in [-0.1, -0.05) is 78.1 Å². The monoisotopic (exact) mass is 346 g/mol. The van der Waals surface area contributed by atoms with Gasteiger partial charge in [0.25, 0.3) is 0 Å². The maximum Gasteiger partial charge on any atom is 0.183 e. The molecule has 1 unspecified atom stereocenters. The third-order valence-electron chi connectivity index (χ3n) is 4.37. The van der Waals surface area contributed by atoms with Crippen LogP contribution in [0.5, 0.6) is 0 Å². The molecule has 3 nitrogen and oxygen atoms in total. The van der Waals surface area contributed by atoms with Crippen LogP contribution in [-0.4, -0.2) is 9.67 Å². The molecule has 1 atom stereocenters. The highest BCUT2D eigenvalue weighted by Crippen LogP contribution is 2.24.